The van der Waals surface area contributed by atoms with E-state index < -0.39 is 22.6 Å². The maximum Gasteiger partial charge on any atom is 0.338 e. The Kier molecular flexibility index (Phi) is 7.21. The number of likely N-dealkylation sites (tertiary alicyclic amines) is 1. The largest absolute Gasteiger partial charge is 0.452 e. The molecule has 8 nitrogen and oxygen atoms in total. The molecule has 1 amide bonds. The Balaban J connectivity index is 2.07. The lowest BCUT2D eigenvalue weighted by molar-refractivity contribution is -0.135. The zero-order chi connectivity index (χ0) is 20.2. The second-order valence-electron chi connectivity index (χ2n) is 6.38. The molecule has 1 aliphatic rings. The van der Waals surface area contributed by atoms with Gasteiger partial charge in [0.05, 0.1) is 17.7 Å². The van der Waals surface area contributed by atoms with Crippen LogP contribution in [0.15, 0.2) is 23.1 Å². The van der Waals surface area contributed by atoms with Crippen LogP contribution in [0.1, 0.15) is 30.1 Å². The lowest BCUT2D eigenvalue weighted by atomic mass is 9.99. The molecule has 27 heavy (non-hydrogen) atoms. The highest BCUT2D eigenvalue weighted by Crippen LogP contribution is 2.25. The monoisotopic (exact) mass is 418 g/mol. The van der Waals surface area contributed by atoms with Gasteiger partial charge in [0.2, 0.25) is 0 Å². The van der Waals surface area contributed by atoms with E-state index in [-0.39, 0.29) is 21.4 Å². The van der Waals surface area contributed by atoms with Crippen molar-refractivity contribution in [3.8, 4) is 0 Å². The average Bonchev–Trinajstić information content (AvgIpc) is 2.65. The highest BCUT2D eigenvalue weighted by molar-refractivity contribution is 7.89. The van der Waals surface area contributed by atoms with E-state index in [2.05, 4.69) is 6.92 Å². The highest BCUT2D eigenvalue weighted by Gasteiger charge is 2.26. The highest BCUT2D eigenvalue weighted by atomic mass is 35.5. The normalized spacial score (nSPS) is 15.8. The first-order valence-corrected chi connectivity index (χ1v) is 10.3. The number of carbonyl (C=O) groups excluding carboxylic acids is 2. The minimum atomic E-state index is -4.03. The fraction of sp³-hybridized carbons (Fsp3) is 0.529. The molecule has 1 fully saturated rings. The van der Waals surface area contributed by atoms with Gasteiger partial charge in [0, 0.05) is 20.1 Å². The van der Waals surface area contributed by atoms with Crippen LogP contribution in [0.2, 0.25) is 5.02 Å². The summed E-state index contributed by atoms with van der Waals surface area (Å²) in [5.41, 5.74) is -0.0254. The van der Waals surface area contributed by atoms with Crippen LogP contribution in [-0.2, 0) is 24.4 Å². The van der Waals surface area contributed by atoms with E-state index in [9.17, 15) is 18.0 Å². The van der Waals surface area contributed by atoms with E-state index in [1.54, 1.807) is 4.90 Å². The molecule has 1 aromatic rings. The third kappa shape index (κ3) is 5.19. The Labute approximate surface area is 164 Å². The zero-order valence-electron chi connectivity index (χ0n) is 15.5. The minimum Gasteiger partial charge on any atom is -0.452 e. The van der Waals surface area contributed by atoms with Crippen molar-refractivity contribution in [3.63, 3.8) is 0 Å². The summed E-state index contributed by atoms with van der Waals surface area (Å²) >= 11 is 5.95. The zero-order valence-corrected chi connectivity index (χ0v) is 17.0. The summed E-state index contributed by atoms with van der Waals surface area (Å²) in [4.78, 5) is 30.5. The number of esters is 1. The quantitative estimate of drug-likeness (QED) is 0.517. The summed E-state index contributed by atoms with van der Waals surface area (Å²) in [6.07, 6.45) is 1.84. The van der Waals surface area contributed by atoms with Gasteiger partial charge in [-0.1, -0.05) is 23.0 Å². The van der Waals surface area contributed by atoms with Crippen LogP contribution in [0.4, 0.5) is 0 Å². The summed E-state index contributed by atoms with van der Waals surface area (Å²) in [6.45, 7) is 3.03. The Morgan fingerprint density at radius 1 is 1.30 bits per heavy atom. The molecule has 1 heterocycles. The third-order valence-corrected chi connectivity index (χ3v) is 6.66. The van der Waals surface area contributed by atoms with Gasteiger partial charge in [0.25, 0.3) is 15.9 Å². The molecule has 0 aliphatic carbocycles. The fourth-order valence-electron chi connectivity index (χ4n) is 2.62. The van der Waals surface area contributed by atoms with Crippen molar-refractivity contribution in [2.75, 3.05) is 33.9 Å². The van der Waals surface area contributed by atoms with Crippen LogP contribution in [-0.4, -0.2) is 63.5 Å². The van der Waals surface area contributed by atoms with Crippen molar-refractivity contribution in [2.24, 2.45) is 5.92 Å². The van der Waals surface area contributed by atoms with Crippen LogP contribution >= 0.6 is 11.6 Å². The number of amides is 1. The van der Waals surface area contributed by atoms with Gasteiger partial charge in [0.1, 0.15) is 4.90 Å². The topological polar surface area (TPSA) is 93.2 Å². The van der Waals surface area contributed by atoms with Crippen molar-refractivity contribution in [2.45, 2.75) is 24.7 Å². The Bertz CT molecular complexity index is 806. The maximum absolute atomic E-state index is 12.4. The second-order valence-corrected chi connectivity index (χ2v) is 8.69. The third-order valence-electron chi connectivity index (χ3n) is 4.50. The first-order chi connectivity index (χ1) is 12.7. The number of halogens is 1. The molecule has 0 saturated carbocycles. The summed E-state index contributed by atoms with van der Waals surface area (Å²) in [5.74, 6) is -0.491. The Morgan fingerprint density at radius 3 is 2.52 bits per heavy atom. The van der Waals surface area contributed by atoms with Crippen LogP contribution in [0.25, 0.3) is 0 Å². The van der Waals surface area contributed by atoms with E-state index in [0.717, 1.165) is 18.9 Å². The predicted octanol–water partition coefficient (Wildman–Crippen LogP) is 1.94. The molecule has 0 radical (unpaired) electrons. The molecular weight excluding hydrogens is 396 g/mol. The number of hydrogen-bond donors (Lipinski definition) is 0. The van der Waals surface area contributed by atoms with Crippen molar-refractivity contribution >= 4 is 33.5 Å². The number of rotatable bonds is 6. The van der Waals surface area contributed by atoms with E-state index >= 15 is 0 Å². The molecule has 1 saturated heterocycles. The fourth-order valence-corrected chi connectivity index (χ4v) is 4.10. The van der Waals surface area contributed by atoms with Crippen molar-refractivity contribution in [1.29, 1.82) is 0 Å². The Morgan fingerprint density at radius 2 is 1.93 bits per heavy atom. The van der Waals surface area contributed by atoms with Gasteiger partial charge in [0.15, 0.2) is 6.61 Å². The molecule has 1 aliphatic heterocycles. The van der Waals surface area contributed by atoms with E-state index in [1.807, 2.05) is 0 Å². The van der Waals surface area contributed by atoms with Gasteiger partial charge in [-0.3, -0.25) is 9.63 Å². The van der Waals surface area contributed by atoms with Gasteiger partial charge < -0.3 is 9.64 Å². The van der Waals surface area contributed by atoms with Gasteiger partial charge in [-0.2, -0.15) is 0 Å². The number of piperidine rings is 1. The minimum absolute atomic E-state index is 0.0254. The molecule has 0 N–H and O–H groups in total. The van der Waals surface area contributed by atoms with Crippen LogP contribution in [0, 0.1) is 5.92 Å². The Hall–Kier alpha value is -1.68. The molecule has 150 valence electrons. The first kappa shape index (κ1) is 21.6. The molecule has 0 atom stereocenters. The summed E-state index contributed by atoms with van der Waals surface area (Å²) < 4.78 is 30.4. The molecule has 10 heteroatoms. The van der Waals surface area contributed by atoms with Crippen molar-refractivity contribution < 1.29 is 27.6 Å². The second kappa shape index (κ2) is 9.01. The number of ether oxygens (including phenoxy) is 1. The number of sulfonamides is 1. The van der Waals surface area contributed by atoms with Crippen molar-refractivity contribution in [3.05, 3.63) is 28.8 Å². The van der Waals surface area contributed by atoms with Gasteiger partial charge >= 0.3 is 5.97 Å². The van der Waals surface area contributed by atoms with Crippen molar-refractivity contribution in [1.82, 2.24) is 9.37 Å². The van der Waals surface area contributed by atoms with E-state index in [1.165, 1.54) is 26.3 Å². The molecule has 1 aromatic carbocycles. The summed E-state index contributed by atoms with van der Waals surface area (Å²) in [7, 11) is -1.64. The van der Waals surface area contributed by atoms with Gasteiger partial charge in [-0.05, 0) is 37.0 Å². The number of carbonyl (C=O) groups is 2. The van der Waals surface area contributed by atoms with Crippen LogP contribution < -0.4 is 0 Å². The summed E-state index contributed by atoms with van der Waals surface area (Å²) in [5, 5.41) is -0.0611. The molecular formula is C17H23ClN2O6S. The van der Waals surface area contributed by atoms with Gasteiger partial charge in [-0.15, -0.1) is 0 Å². The SMILES string of the molecule is CON(C)S(=O)(=O)c1cc(C(=O)OCC(=O)N2CCC(C)CC2)ccc1Cl. The maximum atomic E-state index is 12.4. The van der Waals surface area contributed by atoms with Crippen LogP contribution in [0.5, 0.6) is 0 Å². The number of nitrogens with zero attached hydrogens (tertiary/aromatic N) is 2. The van der Waals surface area contributed by atoms with E-state index in [4.69, 9.17) is 21.2 Å². The number of hydroxylamine groups is 1. The summed E-state index contributed by atoms with van der Waals surface area (Å²) in [6, 6.07) is 3.72. The van der Waals surface area contributed by atoms with E-state index in [0.29, 0.717) is 23.5 Å². The lowest BCUT2D eigenvalue weighted by Gasteiger charge is -2.30. The molecule has 0 aromatic heterocycles. The molecule has 2 rings (SSSR count). The lowest BCUT2D eigenvalue weighted by Crippen LogP contribution is -2.40. The smallest absolute Gasteiger partial charge is 0.338 e. The average molecular weight is 419 g/mol. The van der Waals surface area contributed by atoms with Crippen LogP contribution in [0.3, 0.4) is 0 Å². The standard InChI is InChI=1S/C17H23ClN2O6S/c1-12-6-8-20(9-7-12)16(21)11-26-17(22)13-4-5-14(18)15(10-13)27(23,24)19(2)25-3/h4-5,10,12H,6-9,11H2,1-3H3. The predicted molar refractivity (Wildman–Crippen MR) is 98.7 cm³/mol. The van der Waals surface area contributed by atoms with Gasteiger partial charge in [-0.25, -0.2) is 13.2 Å². The molecule has 0 spiro atoms. The first-order valence-electron chi connectivity index (χ1n) is 8.44. The number of hydrogen-bond acceptors (Lipinski definition) is 6. The molecule has 0 bridgehead atoms. The molecule has 0 unspecified atom stereocenters. The number of benzene rings is 1.